The maximum absolute atomic E-state index is 9.79. The second-order valence-corrected chi connectivity index (χ2v) is 4.99. The van der Waals surface area contributed by atoms with Crippen molar-refractivity contribution in [3.63, 3.8) is 0 Å². The number of aliphatic hydroxyl groups is 2. The summed E-state index contributed by atoms with van der Waals surface area (Å²) >= 11 is 0. The molecule has 24 heavy (non-hydrogen) atoms. The quantitative estimate of drug-likeness (QED) is 0.809. The number of benzene rings is 2. The largest absolute Gasteiger partial charge is 0.493 e. The van der Waals surface area contributed by atoms with E-state index in [0.29, 0.717) is 45.3 Å². The minimum absolute atomic E-state index is 0.207. The first-order valence-electron chi connectivity index (χ1n) is 7.36. The number of rotatable bonds is 7. The zero-order valence-electron chi connectivity index (χ0n) is 14.3. The van der Waals surface area contributed by atoms with Crippen LogP contribution in [-0.4, -0.2) is 38.7 Å². The van der Waals surface area contributed by atoms with Crippen LogP contribution in [0.1, 0.15) is 11.1 Å². The summed E-state index contributed by atoms with van der Waals surface area (Å²) in [6.07, 6.45) is 0. The van der Waals surface area contributed by atoms with Crippen LogP contribution in [0.2, 0.25) is 0 Å². The maximum atomic E-state index is 9.79. The second-order valence-electron chi connectivity index (χ2n) is 4.99. The van der Waals surface area contributed by atoms with Crippen LogP contribution in [0.25, 0.3) is 11.1 Å². The smallest absolute Gasteiger partial charge is 0.169 e. The normalized spacial score (nSPS) is 10.4. The summed E-state index contributed by atoms with van der Waals surface area (Å²) in [7, 11) is 6.12. The Kier molecular flexibility index (Phi) is 5.89. The average Bonchev–Trinajstić information content (AvgIpc) is 2.64. The van der Waals surface area contributed by atoms with E-state index in [-0.39, 0.29) is 13.2 Å². The Morgan fingerprint density at radius 2 is 1.00 bits per heavy atom. The van der Waals surface area contributed by atoms with Crippen LogP contribution >= 0.6 is 0 Å². The van der Waals surface area contributed by atoms with Gasteiger partial charge in [-0.15, -0.1) is 0 Å². The van der Waals surface area contributed by atoms with Crippen molar-refractivity contribution in [2.45, 2.75) is 13.2 Å². The molecule has 0 spiro atoms. The molecule has 0 saturated heterocycles. The van der Waals surface area contributed by atoms with Gasteiger partial charge in [-0.05, 0) is 23.3 Å². The Balaban J connectivity index is 2.94. The Labute approximate surface area is 141 Å². The third-order valence-corrected chi connectivity index (χ3v) is 3.85. The van der Waals surface area contributed by atoms with Gasteiger partial charge in [0.25, 0.3) is 0 Å². The van der Waals surface area contributed by atoms with Crippen molar-refractivity contribution in [1.29, 1.82) is 0 Å². The Morgan fingerprint density at radius 1 is 0.625 bits per heavy atom. The monoisotopic (exact) mass is 334 g/mol. The number of hydrogen-bond acceptors (Lipinski definition) is 6. The molecule has 6 nitrogen and oxygen atoms in total. The van der Waals surface area contributed by atoms with Crippen molar-refractivity contribution in [1.82, 2.24) is 0 Å². The van der Waals surface area contributed by atoms with Crippen molar-refractivity contribution < 1.29 is 29.2 Å². The molecule has 0 heterocycles. The summed E-state index contributed by atoms with van der Waals surface area (Å²) in [6.45, 7) is -0.415. The first-order chi connectivity index (χ1) is 11.7. The van der Waals surface area contributed by atoms with Crippen LogP contribution in [0.15, 0.2) is 24.3 Å². The lowest BCUT2D eigenvalue weighted by atomic mass is 9.93. The molecule has 0 fully saturated rings. The van der Waals surface area contributed by atoms with E-state index in [1.54, 1.807) is 24.3 Å². The highest BCUT2D eigenvalue weighted by molar-refractivity contribution is 5.85. The predicted octanol–water partition coefficient (Wildman–Crippen LogP) is 2.37. The summed E-state index contributed by atoms with van der Waals surface area (Å²) in [5.74, 6) is 1.92. The zero-order chi connectivity index (χ0) is 17.7. The van der Waals surface area contributed by atoms with E-state index < -0.39 is 0 Å². The Morgan fingerprint density at radius 3 is 1.25 bits per heavy atom. The third kappa shape index (κ3) is 2.98. The highest BCUT2D eigenvalue weighted by atomic mass is 16.5. The van der Waals surface area contributed by atoms with Gasteiger partial charge in [-0.2, -0.15) is 0 Å². The van der Waals surface area contributed by atoms with Gasteiger partial charge >= 0.3 is 0 Å². The van der Waals surface area contributed by atoms with Gasteiger partial charge in [0.15, 0.2) is 23.0 Å². The van der Waals surface area contributed by atoms with E-state index >= 15 is 0 Å². The van der Waals surface area contributed by atoms with Gasteiger partial charge in [-0.1, -0.05) is 12.1 Å². The number of hydrogen-bond donors (Lipinski definition) is 2. The molecule has 0 atom stereocenters. The van der Waals surface area contributed by atoms with Crippen LogP contribution in [0.5, 0.6) is 23.0 Å². The topological polar surface area (TPSA) is 77.4 Å². The minimum atomic E-state index is -0.207. The number of methoxy groups -OCH3 is 4. The molecule has 0 aliphatic rings. The molecule has 130 valence electrons. The summed E-state index contributed by atoms with van der Waals surface area (Å²) < 4.78 is 21.8. The van der Waals surface area contributed by atoms with Gasteiger partial charge in [-0.3, -0.25) is 0 Å². The lowest BCUT2D eigenvalue weighted by molar-refractivity contribution is 0.278. The lowest BCUT2D eigenvalue weighted by Crippen LogP contribution is -2.03. The van der Waals surface area contributed by atoms with Crippen LogP contribution in [0.3, 0.4) is 0 Å². The predicted molar refractivity (Wildman–Crippen MR) is 89.9 cm³/mol. The van der Waals surface area contributed by atoms with E-state index in [1.807, 2.05) is 0 Å². The van der Waals surface area contributed by atoms with E-state index in [2.05, 4.69) is 0 Å². The van der Waals surface area contributed by atoms with E-state index in [9.17, 15) is 10.2 Å². The Bertz CT molecular complexity index is 650. The SMILES string of the molecule is COc1ccc(CO)c(-c2c(CO)ccc(OC)c2OC)c1OC. The lowest BCUT2D eigenvalue weighted by Gasteiger charge is -2.21. The van der Waals surface area contributed by atoms with Gasteiger partial charge in [-0.25, -0.2) is 0 Å². The fraction of sp³-hybridized carbons (Fsp3) is 0.333. The molecule has 0 radical (unpaired) electrons. The molecule has 6 heteroatoms. The molecular formula is C18H22O6. The van der Waals surface area contributed by atoms with Crippen molar-refractivity contribution in [2.24, 2.45) is 0 Å². The van der Waals surface area contributed by atoms with Crippen molar-refractivity contribution in [2.75, 3.05) is 28.4 Å². The molecule has 0 bridgehead atoms. The highest BCUT2D eigenvalue weighted by Gasteiger charge is 2.24. The van der Waals surface area contributed by atoms with E-state index in [4.69, 9.17) is 18.9 Å². The van der Waals surface area contributed by atoms with Crippen LogP contribution in [0.4, 0.5) is 0 Å². The van der Waals surface area contributed by atoms with Crippen LogP contribution in [0, 0.1) is 0 Å². The molecule has 2 aromatic rings. The molecule has 2 N–H and O–H groups in total. The van der Waals surface area contributed by atoms with Crippen molar-refractivity contribution in [3.05, 3.63) is 35.4 Å². The molecule has 0 aliphatic carbocycles. The molecular weight excluding hydrogens is 312 g/mol. The van der Waals surface area contributed by atoms with Crippen LogP contribution in [-0.2, 0) is 13.2 Å². The van der Waals surface area contributed by atoms with Crippen LogP contribution < -0.4 is 18.9 Å². The fourth-order valence-electron chi connectivity index (χ4n) is 2.75. The summed E-state index contributed by atoms with van der Waals surface area (Å²) in [5, 5.41) is 19.6. The van der Waals surface area contributed by atoms with Gasteiger partial charge in [0.05, 0.1) is 41.7 Å². The van der Waals surface area contributed by atoms with Gasteiger partial charge < -0.3 is 29.2 Å². The summed E-state index contributed by atoms with van der Waals surface area (Å²) in [4.78, 5) is 0. The molecule has 0 amide bonds. The van der Waals surface area contributed by atoms with Gasteiger partial charge in [0.2, 0.25) is 0 Å². The molecule has 0 unspecified atom stereocenters. The molecule has 0 saturated carbocycles. The molecule has 0 aromatic heterocycles. The fourth-order valence-corrected chi connectivity index (χ4v) is 2.75. The van der Waals surface area contributed by atoms with Gasteiger partial charge in [0, 0.05) is 11.1 Å². The Hall–Kier alpha value is -2.44. The molecule has 2 aromatic carbocycles. The summed E-state index contributed by atoms with van der Waals surface area (Å²) in [5.41, 5.74) is 2.43. The first-order valence-corrected chi connectivity index (χ1v) is 7.36. The number of aliphatic hydroxyl groups excluding tert-OH is 2. The molecule has 0 aliphatic heterocycles. The van der Waals surface area contributed by atoms with Crippen molar-refractivity contribution in [3.8, 4) is 34.1 Å². The minimum Gasteiger partial charge on any atom is -0.493 e. The number of ether oxygens (including phenoxy) is 4. The van der Waals surface area contributed by atoms with E-state index in [0.717, 1.165) is 0 Å². The van der Waals surface area contributed by atoms with Gasteiger partial charge in [0.1, 0.15) is 0 Å². The average molecular weight is 334 g/mol. The molecule has 2 rings (SSSR count). The maximum Gasteiger partial charge on any atom is 0.169 e. The summed E-state index contributed by atoms with van der Waals surface area (Å²) in [6, 6.07) is 6.94. The standard InChI is InChI=1S/C18H22O6/c1-21-13-7-5-11(9-19)15(17(13)23-3)16-12(10-20)6-8-14(22-2)18(16)24-4/h5-8,19-20H,9-10H2,1-4H3. The van der Waals surface area contributed by atoms with E-state index in [1.165, 1.54) is 28.4 Å². The third-order valence-electron chi connectivity index (χ3n) is 3.85. The highest BCUT2D eigenvalue weighted by Crippen LogP contribution is 2.48. The zero-order valence-corrected chi connectivity index (χ0v) is 14.3. The second kappa shape index (κ2) is 7.90. The first kappa shape index (κ1) is 17.9. The van der Waals surface area contributed by atoms with Crippen molar-refractivity contribution >= 4 is 0 Å².